The lowest BCUT2D eigenvalue weighted by Crippen LogP contribution is -2.06. The van der Waals surface area contributed by atoms with Crippen molar-refractivity contribution in [1.82, 2.24) is 0 Å². The van der Waals surface area contributed by atoms with Crippen molar-refractivity contribution in [2.24, 2.45) is 0 Å². The highest BCUT2D eigenvalue weighted by atomic mass is 127. The fraction of sp³-hybridized carbons (Fsp3) is 0.0714. The molecule has 0 unspecified atom stereocenters. The van der Waals surface area contributed by atoms with Crippen molar-refractivity contribution >= 4 is 44.3 Å². The SMILES string of the molecule is Cc1ccc(F)c(C(=O)c2cc(I)ccc2Br)c1. The molecule has 0 aliphatic carbocycles. The molecule has 0 atom stereocenters. The van der Waals surface area contributed by atoms with Gasteiger partial charge in [0.1, 0.15) is 5.82 Å². The van der Waals surface area contributed by atoms with Crippen LogP contribution in [-0.4, -0.2) is 5.78 Å². The highest BCUT2D eigenvalue weighted by Crippen LogP contribution is 2.24. The average Bonchev–Trinajstić information content (AvgIpc) is 2.34. The first-order valence-electron chi connectivity index (χ1n) is 5.25. The van der Waals surface area contributed by atoms with Gasteiger partial charge in [0, 0.05) is 13.6 Å². The van der Waals surface area contributed by atoms with E-state index in [1.165, 1.54) is 6.07 Å². The lowest BCUT2D eigenvalue weighted by atomic mass is 10.0. The van der Waals surface area contributed by atoms with Gasteiger partial charge >= 0.3 is 0 Å². The van der Waals surface area contributed by atoms with Crippen molar-refractivity contribution in [2.75, 3.05) is 0 Å². The molecule has 0 amide bonds. The third-order valence-electron chi connectivity index (χ3n) is 2.54. The smallest absolute Gasteiger partial charge is 0.197 e. The van der Waals surface area contributed by atoms with Crippen LogP contribution in [0, 0.1) is 16.3 Å². The summed E-state index contributed by atoms with van der Waals surface area (Å²) in [6.45, 7) is 1.83. The van der Waals surface area contributed by atoms with E-state index in [1.54, 1.807) is 24.3 Å². The molecule has 0 N–H and O–H groups in total. The molecule has 0 fully saturated rings. The normalized spacial score (nSPS) is 10.4. The number of benzene rings is 2. The fourth-order valence-corrected chi connectivity index (χ4v) is 2.55. The first kappa shape index (κ1) is 13.7. The molecule has 0 saturated heterocycles. The number of ketones is 1. The first-order valence-corrected chi connectivity index (χ1v) is 7.12. The summed E-state index contributed by atoms with van der Waals surface area (Å²) in [5.74, 6) is -0.794. The van der Waals surface area contributed by atoms with Gasteiger partial charge in [-0.3, -0.25) is 4.79 Å². The van der Waals surface area contributed by atoms with Crippen LogP contribution in [0.1, 0.15) is 21.5 Å². The number of aryl methyl sites for hydroxylation is 1. The summed E-state index contributed by atoms with van der Waals surface area (Å²) >= 11 is 5.45. The molecule has 2 aromatic carbocycles. The Hall–Kier alpha value is -0.750. The number of carbonyl (C=O) groups is 1. The maximum Gasteiger partial charge on any atom is 0.197 e. The molecule has 18 heavy (non-hydrogen) atoms. The van der Waals surface area contributed by atoms with Crippen molar-refractivity contribution in [3.63, 3.8) is 0 Å². The Morgan fingerprint density at radius 3 is 2.61 bits per heavy atom. The predicted octanol–water partition coefficient (Wildman–Crippen LogP) is 4.73. The minimum absolute atomic E-state index is 0.109. The Balaban J connectivity index is 2.54. The Kier molecular flexibility index (Phi) is 4.17. The van der Waals surface area contributed by atoms with Gasteiger partial charge in [0.25, 0.3) is 0 Å². The molecule has 0 aliphatic heterocycles. The van der Waals surface area contributed by atoms with E-state index < -0.39 is 5.82 Å². The van der Waals surface area contributed by atoms with Gasteiger partial charge in [0.2, 0.25) is 0 Å². The molecule has 0 bridgehead atoms. The molecular formula is C14H9BrFIO. The first-order chi connectivity index (χ1) is 8.49. The van der Waals surface area contributed by atoms with Crippen LogP contribution >= 0.6 is 38.5 Å². The van der Waals surface area contributed by atoms with E-state index in [0.29, 0.717) is 10.0 Å². The van der Waals surface area contributed by atoms with Crippen molar-refractivity contribution in [3.8, 4) is 0 Å². The summed E-state index contributed by atoms with van der Waals surface area (Å²) in [6, 6.07) is 9.97. The van der Waals surface area contributed by atoms with E-state index in [9.17, 15) is 9.18 Å². The van der Waals surface area contributed by atoms with Gasteiger partial charge in [0.15, 0.2) is 5.78 Å². The molecule has 0 aromatic heterocycles. The molecule has 2 aromatic rings. The van der Waals surface area contributed by atoms with Crippen LogP contribution in [-0.2, 0) is 0 Å². The Morgan fingerprint density at radius 2 is 1.89 bits per heavy atom. The second-order valence-electron chi connectivity index (χ2n) is 3.94. The summed E-state index contributed by atoms with van der Waals surface area (Å²) in [5.41, 5.74) is 1.45. The topological polar surface area (TPSA) is 17.1 Å². The average molecular weight is 419 g/mol. The van der Waals surface area contributed by atoms with Crippen molar-refractivity contribution in [3.05, 3.63) is 66.9 Å². The summed E-state index contributed by atoms with van der Waals surface area (Å²) in [4.78, 5) is 12.3. The highest BCUT2D eigenvalue weighted by molar-refractivity contribution is 14.1. The largest absolute Gasteiger partial charge is 0.288 e. The zero-order valence-corrected chi connectivity index (χ0v) is 13.2. The second kappa shape index (κ2) is 5.48. The van der Waals surface area contributed by atoms with Crippen LogP contribution in [0.3, 0.4) is 0 Å². The standard InChI is InChI=1S/C14H9BrFIO/c1-8-2-5-13(16)11(6-8)14(18)10-7-9(17)3-4-12(10)15/h2-7H,1H3. The molecule has 0 saturated carbocycles. The van der Waals surface area contributed by atoms with Gasteiger partial charge in [-0.25, -0.2) is 4.39 Å². The van der Waals surface area contributed by atoms with Gasteiger partial charge in [-0.05, 0) is 59.8 Å². The quantitative estimate of drug-likeness (QED) is 0.508. The summed E-state index contributed by atoms with van der Waals surface area (Å²) < 4.78 is 15.3. The Bertz CT molecular complexity index is 572. The van der Waals surface area contributed by atoms with Crippen LogP contribution in [0.2, 0.25) is 0 Å². The molecule has 4 heteroatoms. The van der Waals surface area contributed by atoms with Crippen LogP contribution in [0.15, 0.2) is 40.9 Å². The molecule has 1 nitrogen and oxygen atoms in total. The van der Waals surface area contributed by atoms with Crippen LogP contribution in [0.25, 0.3) is 0 Å². The Labute approximate surface area is 127 Å². The van der Waals surface area contributed by atoms with E-state index in [1.807, 2.05) is 13.0 Å². The molecule has 92 valence electrons. The molecule has 0 aliphatic rings. The van der Waals surface area contributed by atoms with Crippen LogP contribution < -0.4 is 0 Å². The molecule has 0 spiro atoms. The number of hydrogen-bond acceptors (Lipinski definition) is 1. The van der Waals surface area contributed by atoms with Gasteiger partial charge < -0.3 is 0 Å². The van der Waals surface area contributed by atoms with E-state index in [4.69, 9.17) is 0 Å². The summed E-state index contributed by atoms with van der Waals surface area (Å²) in [7, 11) is 0. The van der Waals surface area contributed by atoms with Gasteiger partial charge in [0.05, 0.1) is 5.56 Å². The summed E-state index contributed by atoms with van der Waals surface area (Å²) in [6.07, 6.45) is 0. The number of halogens is 3. The molecule has 2 rings (SSSR count). The predicted molar refractivity (Wildman–Crippen MR) is 81.4 cm³/mol. The minimum atomic E-state index is -0.489. The number of rotatable bonds is 2. The molecule has 0 heterocycles. The fourth-order valence-electron chi connectivity index (χ4n) is 1.63. The second-order valence-corrected chi connectivity index (χ2v) is 6.04. The van der Waals surface area contributed by atoms with E-state index in [0.717, 1.165) is 9.13 Å². The zero-order valence-electron chi connectivity index (χ0n) is 9.51. The lowest BCUT2D eigenvalue weighted by molar-refractivity contribution is 0.103. The van der Waals surface area contributed by atoms with Crippen LogP contribution in [0.5, 0.6) is 0 Å². The van der Waals surface area contributed by atoms with Gasteiger partial charge in [-0.1, -0.05) is 27.6 Å². The number of carbonyl (C=O) groups excluding carboxylic acids is 1. The van der Waals surface area contributed by atoms with E-state index in [-0.39, 0.29) is 11.3 Å². The Morgan fingerprint density at radius 1 is 1.17 bits per heavy atom. The van der Waals surface area contributed by atoms with Gasteiger partial charge in [-0.2, -0.15) is 0 Å². The lowest BCUT2D eigenvalue weighted by Gasteiger charge is -2.06. The molecule has 0 radical (unpaired) electrons. The van der Waals surface area contributed by atoms with Crippen LogP contribution in [0.4, 0.5) is 4.39 Å². The van der Waals surface area contributed by atoms with E-state index >= 15 is 0 Å². The van der Waals surface area contributed by atoms with Crippen molar-refractivity contribution < 1.29 is 9.18 Å². The third kappa shape index (κ3) is 2.80. The number of hydrogen-bond donors (Lipinski definition) is 0. The monoisotopic (exact) mass is 418 g/mol. The molecular weight excluding hydrogens is 410 g/mol. The minimum Gasteiger partial charge on any atom is -0.288 e. The third-order valence-corrected chi connectivity index (χ3v) is 3.90. The van der Waals surface area contributed by atoms with Gasteiger partial charge in [-0.15, -0.1) is 0 Å². The zero-order chi connectivity index (χ0) is 13.3. The summed E-state index contributed by atoms with van der Waals surface area (Å²) in [5, 5.41) is 0. The van der Waals surface area contributed by atoms with Crippen molar-refractivity contribution in [1.29, 1.82) is 0 Å². The van der Waals surface area contributed by atoms with Crippen molar-refractivity contribution in [2.45, 2.75) is 6.92 Å². The maximum atomic E-state index is 13.7. The maximum absolute atomic E-state index is 13.7. The highest BCUT2D eigenvalue weighted by Gasteiger charge is 2.17. The van der Waals surface area contributed by atoms with E-state index in [2.05, 4.69) is 38.5 Å².